The number of halogens is 1. The Labute approximate surface area is 133 Å². The normalized spacial score (nSPS) is 21.3. The largest absolute Gasteiger partial charge is 0.481 e. The van der Waals surface area contributed by atoms with Crippen molar-refractivity contribution in [3.63, 3.8) is 0 Å². The van der Waals surface area contributed by atoms with Gasteiger partial charge in [-0.1, -0.05) is 0 Å². The predicted octanol–water partition coefficient (Wildman–Crippen LogP) is 3.03. The van der Waals surface area contributed by atoms with Crippen LogP contribution >= 0.6 is 15.9 Å². The Morgan fingerprint density at radius 3 is 2.43 bits per heavy atom. The van der Waals surface area contributed by atoms with Crippen LogP contribution in [0.3, 0.4) is 0 Å². The number of pyridine rings is 1. The van der Waals surface area contributed by atoms with Gasteiger partial charge in [-0.2, -0.15) is 0 Å². The van der Waals surface area contributed by atoms with Crippen LogP contribution < -0.4 is 0 Å². The topological polar surface area (TPSA) is 68.7 Å². The molecule has 1 atom stereocenters. The molecule has 7 heteroatoms. The van der Waals surface area contributed by atoms with Gasteiger partial charge in [0.1, 0.15) is 0 Å². The van der Waals surface area contributed by atoms with Crippen LogP contribution in [-0.2, 0) is 14.1 Å². The monoisotopic (exact) mass is 355 g/mol. The Hall–Kier alpha value is -0.915. The third kappa shape index (κ3) is 3.30. The van der Waals surface area contributed by atoms with Gasteiger partial charge in [0, 0.05) is 22.7 Å². The molecule has 1 fully saturated rings. The number of aliphatic carboxylic acids is 1. The van der Waals surface area contributed by atoms with Gasteiger partial charge in [-0.05, 0) is 55.3 Å². The molecule has 114 valence electrons. The number of rotatable bonds is 4. The summed E-state index contributed by atoms with van der Waals surface area (Å²) >= 11 is 3.42. The lowest BCUT2D eigenvalue weighted by molar-refractivity contribution is -0.137. The molecule has 1 aromatic heterocycles. The number of carboxylic acids is 1. The van der Waals surface area contributed by atoms with Gasteiger partial charge in [-0.15, -0.1) is 0 Å². The Kier molecular flexibility index (Phi) is 4.47. The second-order valence-corrected chi connectivity index (χ2v) is 7.08. The average Bonchev–Trinajstić information content (AvgIpc) is 2.56. The molecule has 1 saturated heterocycles. The van der Waals surface area contributed by atoms with Gasteiger partial charge in [0.2, 0.25) is 0 Å². The molecule has 1 aliphatic heterocycles. The summed E-state index contributed by atoms with van der Waals surface area (Å²) in [6, 6.07) is 1.79. The minimum atomic E-state index is -0.890. The lowest BCUT2D eigenvalue weighted by Gasteiger charge is -2.32. The molecular weight excluding hydrogens is 337 g/mol. The van der Waals surface area contributed by atoms with Crippen molar-refractivity contribution in [2.24, 2.45) is 0 Å². The molecule has 1 aliphatic rings. The summed E-state index contributed by atoms with van der Waals surface area (Å²) in [7, 11) is -0.607. The summed E-state index contributed by atoms with van der Waals surface area (Å²) in [5.74, 6) is -1.29. The van der Waals surface area contributed by atoms with Crippen LogP contribution in [0.2, 0.25) is 0 Å². The van der Waals surface area contributed by atoms with Crippen LogP contribution in [-0.4, -0.2) is 34.4 Å². The zero-order valence-electron chi connectivity index (χ0n) is 12.6. The third-order valence-corrected chi connectivity index (χ3v) is 4.86. The van der Waals surface area contributed by atoms with E-state index in [0.29, 0.717) is 0 Å². The van der Waals surface area contributed by atoms with Crippen molar-refractivity contribution < 1.29 is 19.2 Å². The van der Waals surface area contributed by atoms with Crippen molar-refractivity contribution >= 4 is 29.0 Å². The lowest BCUT2D eigenvalue weighted by Crippen LogP contribution is -2.41. The van der Waals surface area contributed by atoms with Gasteiger partial charge in [0.25, 0.3) is 0 Å². The summed E-state index contributed by atoms with van der Waals surface area (Å²) in [5.41, 5.74) is -0.159. The van der Waals surface area contributed by atoms with E-state index in [1.807, 2.05) is 27.7 Å². The Morgan fingerprint density at radius 1 is 1.38 bits per heavy atom. The van der Waals surface area contributed by atoms with Gasteiger partial charge in [-0.25, -0.2) is 0 Å². The summed E-state index contributed by atoms with van der Waals surface area (Å²) < 4.78 is 12.8. The van der Waals surface area contributed by atoms with Crippen molar-refractivity contribution in [3.8, 4) is 0 Å². The van der Waals surface area contributed by atoms with Gasteiger partial charge in [0.05, 0.1) is 17.6 Å². The van der Waals surface area contributed by atoms with Gasteiger partial charge in [0.15, 0.2) is 0 Å². The fraction of sp³-hybridized carbons (Fsp3) is 0.571. The van der Waals surface area contributed by atoms with E-state index in [-0.39, 0.29) is 6.42 Å². The molecule has 5 nitrogen and oxygen atoms in total. The Bertz CT molecular complexity index is 534. The van der Waals surface area contributed by atoms with Crippen LogP contribution in [0.4, 0.5) is 0 Å². The number of aromatic nitrogens is 1. The maximum absolute atomic E-state index is 11.2. The first-order valence-corrected chi connectivity index (χ1v) is 7.60. The highest BCUT2D eigenvalue weighted by molar-refractivity contribution is 9.10. The van der Waals surface area contributed by atoms with Crippen LogP contribution in [0, 0.1) is 0 Å². The van der Waals surface area contributed by atoms with Crippen LogP contribution in [0.5, 0.6) is 0 Å². The fourth-order valence-corrected chi connectivity index (χ4v) is 2.82. The lowest BCUT2D eigenvalue weighted by atomic mass is 9.66. The van der Waals surface area contributed by atoms with E-state index in [1.165, 1.54) is 0 Å². The first kappa shape index (κ1) is 16.5. The molecule has 0 radical (unpaired) electrons. The number of carbonyl (C=O) groups is 1. The van der Waals surface area contributed by atoms with Gasteiger partial charge < -0.3 is 14.4 Å². The van der Waals surface area contributed by atoms with Crippen molar-refractivity contribution in [2.45, 2.75) is 51.1 Å². The molecule has 1 aromatic rings. The molecule has 1 N–H and O–H groups in total. The van der Waals surface area contributed by atoms with E-state index in [9.17, 15) is 9.90 Å². The highest BCUT2D eigenvalue weighted by atomic mass is 79.9. The van der Waals surface area contributed by atoms with Crippen molar-refractivity contribution in [3.05, 3.63) is 28.5 Å². The van der Waals surface area contributed by atoms with E-state index < -0.39 is 30.1 Å². The molecule has 2 heterocycles. The molecule has 0 aliphatic carbocycles. The van der Waals surface area contributed by atoms with Crippen LogP contribution in [0.25, 0.3) is 0 Å². The standard InChI is InChI=1S/C14H19BBrNO4/c1-13(2)14(3,4)21-15(20-13)10(7-12(18)19)9-5-6-17-8-11(9)16/h5-6,8,10H,7H2,1-4H3,(H,18,19). The highest BCUT2D eigenvalue weighted by Crippen LogP contribution is 2.42. The van der Waals surface area contributed by atoms with Crippen molar-refractivity contribution in [2.75, 3.05) is 0 Å². The zero-order valence-corrected chi connectivity index (χ0v) is 14.2. The van der Waals surface area contributed by atoms with Gasteiger partial charge in [-0.3, -0.25) is 9.78 Å². The van der Waals surface area contributed by atoms with E-state index in [2.05, 4.69) is 20.9 Å². The second kappa shape index (κ2) is 5.70. The minimum Gasteiger partial charge on any atom is -0.481 e. The number of carboxylic acid groups (broad SMARTS) is 1. The average molecular weight is 356 g/mol. The maximum atomic E-state index is 11.2. The molecule has 1 unspecified atom stereocenters. The second-order valence-electron chi connectivity index (χ2n) is 6.23. The van der Waals surface area contributed by atoms with E-state index in [1.54, 1.807) is 18.5 Å². The molecule has 0 spiro atoms. The third-order valence-electron chi connectivity index (χ3n) is 4.20. The van der Waals surface area contributed by atoms with E-state index in [0.717, 1.165) is 10.0 Å². The molecule has 2 rings (SSSR count). The molecular formula is C14H19BBrNO4. The first-order chi connectivity index (χ1) is 9.64. The predicted molar refractivity (Wildman–Crippen MR) is 83.0 cm³/mol. The number of nitrogens with zero attached hydrogens (tertiary/aromatic N) is 1. The van der Waals surface area contributed by atoms with E-state index in [4.69, 9.17) is 9.31 Å². The summed E-state index contributed by atoms with van der Waals surface area (Å²) in [6.07, 6.45) is 3.22. The fourth-order valence-electron chi connectivity index (χ4n) is 2.28. The van der Waals surface area contributed by atoms with Crippen molar-refractivity contribution in [1.82, 2.24) is 4.98 Å². The minimum absolute atomic E-state index is 0.0700. The Morgan fingerprint density at radius 2 is 1.95 bits per heavy atom. The Balaban J connectivity index is 2.35. The zero-order chi connectivity index (χ0) is 15.8. The number of hydrogen-bond acceptors (Lipinski definition) is 4. The molecule has 21 heavy (non-hydrogen) atoms. The summed E-state index contributed by atoms with van der Waals surface area (Å²) in [5, 5.41) is 9.21. The molecule has 0 saturated carbocycles. The maximum Gasteiger partial charge on any atom is 0.466 e. The summed E-state index contributed by atoms with van der Waals surface area (Å²) in [6.45, 7) is 7.80. The molecule has 0 bridgehead atoms. The smallest absolute Gasteiger partial charge is 0.466 e. The van der Waals surface area contributed by atoms with Crippen molar-refractivity contribution in [1.29, 1.82) is 0 Å². The molecule has 0 aromatic carbocycles. The van der Waals surface area contributed by atoms with Gasteiger partial charge >= 0.3 is 13.1 Å². The highest BCUT2D eigenvalue weighted by Gasteiger charge is 2.54. The quantitative estimate of drug-likeness (QED) is 0.840. The first-order valence-electron chi connectivity index (χ1n) is 6.81. The van der Waals surface area contributed by atoms with E-state index >= 15 is 0 Å². The van der Waals surface area contributed by atoms with Crippen LogP contribution in [0.15, 0.2) is 22.9 Å². The SMILES string of the molecule is CC1(C)OB(C(CC(=O)O)c2ccncc2Br)OC1(C)C. The number of hydrogen-bond donors (Lipinski definition) is 1. The van der Waals surface area contributed by atoms with Crippen LogP contribution in [0.1, 0.15) is 45.5 Å². The molecule has 0 amide bonds. The summed E-state index contributed by atoms with van der Waals surface area (Å²) in [4.78, 5) is 15.2.